The number of benzene rings is 1. The maximum atomic E-state index is 12.3. The van der Waals surface area contributed by atoms with Crippen molar-refractivity contribution in [2.45, 2.75) is 13.8 Å². The van der Waals surface area contributed by atoms with Crippen LogP contribution in [0.1, 0.15) is 21.7 Å². The number of aromatic nitrogens is 2. The highest BCUT2D eigenvalue weighted by Gasteiger charge is 2.16. The van der Waals surface area contributed by atoms with Crippen molar-refractivity contribution in [3.63, 3.8) is 0 Å². The summed E-state index contributed by atoms with van der Waals surface area (Å²) in [5.74, 6) is -0.361. The van der Waals surface area contributed by atoms with Gasteiger partial charge in [0.2, 0.25) is 0 Å². The number of hydrogen-bond acceptors (Lipinski definition) is 5. The maximum absolute atomic E-state index is 12.3. The van der Waals surface area contributed by atoms with Gasteiger partial charge >= 0.3 is 0 Å². The van der Waals surface area contributed by atoms with Gasteiger partial charge in [-0.2, -0.15) is 10.5 Å². The lowest BCUT2D eigenvalue weighted by Gasteiger charge is -2.15. The third-order valence-corrected chi connectivity index (χ3v) is 3.13. The molecular weight excluding hydrogens is 266 g/mol. The molecule has 1 heterocycles. The summed E-state index contributed by atoms with van der Waals surface area (Å²) < 4.78 is 0. The molecule has 0 aliphatic carbocycles. The molecule has 0 saturated heterocycles. The van der Waals surface area contributed by atoms with E-state index in [0.717, 1.165) is 11.4 Å². The molecule has 0 unspecified atom stereocenters. The molecule has 2 aromatic rings. The predicted molar refractivity (Wildman–Crippen MR) is 76.1 cm³/mol. The minimum absolute atomic E-state index is 0.122. The van der Waals surface area contributed by atoms with Crippen molar-refractivity contribution in [1.29, 1.82) is 10.5 Å². The molecule has 0 saturated carbocycles. The van der Waals surface area contributed by atoms with E-state index in [0.29, 0.717) is 16.6 Å². The first-order valence-corrected chi connectivity index (χ1v) is 6.35. The number of nitriles is 2. The summed E-state index contributed by atoms with van der Waals surface area (Å²) in [6, 6.07) is 8.76. The lowest BCUT2D eigenvalue weighted by atomic mass is 10.1. The summed E-state index contributed by atoms with van der Waals surface area (Å²) in [6.45, 7) is 3.49. The van der Waals surface area contributed by atoms with E-state index in [4.69, 9.17) is 10.5 Å². The average Bonchev–Trinajstić information content (AvgIpc) is 2.47. The fourth-order valence-electron chi connectivity index (χ4n) is 1.92. The SMILES string of the molecule is Cc1nc2ccc(C(=O)N(CC#N)CC#N)cc2nc1C. The number of carbonyl (C=O) groups is 1. The van der Waals surface area contributed by atoms with Crippen molar-refractivity contribution in [3.05, 3.63) is 35.2 Å². The summed E-state index contributed by atoms with van der Waals surface area (Å²) in [4.78, 5) is 22.3. The lowest BCUT2D eigenvalue weighted by molar-refractivity contribution is 0.0795. The van der Waals surface area contributed by atoms with Gasteiger partial charge in [-0.15, -0.1) is 0 Å². The van der Waals surface area contributed by atoms with Crippen molar-refractivity contribution in [2.75, 3.05) is 13.1 Å². The zero-order chi connectivity index (χ0) is 15.4. The highest BCUT2D eigenvalue weighted by Crippen LogP contribution is 2.15. The van der Waals surface area contributed by atoms with Gasteiger partial charge in [0.25, 0.3) is 5.91 Å². The Balaban J connectivity index is 2.42. The summed E-state index contributed by atoms with van der Waals surface area (Å²) in [5.41, 5.74) is 3.38. The quantitative estimate of drug-likeness (QED) is 0.797. The topological polar surface area (TPSA) is 93.7 Å². The Kier molecular flexibility index (Phi) is 4.10. The third-order valence-electron chi connectivity index (χ3n) is 3.13. The second kappa shape index (κ2) is 5.98. The van der Waals surface area contributed by atoms with Crippen LogP contribution in [0.3, 0.4) is 0 Å². The van der Waals surface area contributed by atoms with Crippen LogP contribution in [0.4, 0.5) is 0 Å². The van der Waals surface area contributed by atoms with Crippen LogP contribution in [0.25, 0.3) is 11.0 Å². The third kappa shape index (κ3) is 2.96. The Morgan fingerprint density at radius 3 is 2.24 bits per heavy atom. The molecule has 0 radical (unpaired) electrons. The average molecular weight is 279 g/mol. The highest BCUT2D eigenvalue weighted by atomic mass is 16.2. The van der Waals surface area contributed by atoms with Crippen molar-refractivity contribution < 1.29 is 4.79 Å². The van der Waals surface area contributed by atoms with E-state index in [-0.39, 0.29) is 19.0 Å². The minimum atomic E-state index is -0.361. The Labute approximate surface area is 122 Å². The molecule has 0 aliphatic heterocycles. The smallest absolute Gasteiger partial charge is 0.255 e. The van der Waals surface area contributed by atoms with E-state index in [2.05, 4.69) is 9.97 Å². The number of nitrogens with zero attached hydrogens (tertiary/aromatic N) is 5. The Hall–Kier alpha value is -2.99. The molecule has 21 heavy (non-hydrogen) atoms. The van der Waals surface area contributed by atoms with Crippen LogP contribution in [-0.4, -0.2) is 33.9 Å². The van der Waals surface area contributed by atoms with E-state index >= 15 is 0 Å². The number of rotatable bonds is 3. The first-order valence-electron chi connectivity index (χ1n) is 6.35. The van der Waals surface area contributed by atoms with Crippen molar-refractivity contribution in [2.24, 2.45) is 0 Å². The molecule has 2 rings (SSSR count). The molecule has 0 fully saturated rings. The molecule has 0 atom stereocenters. The largest absolute Gasteiger partial charge is 0.312 e. The molecule has 0 bridgehead atoms. The van der Waals surface area contributed by atoms with Crippen LogP contribution in [0.15, 0.2) is 18.2 Å². The second-order valence-corrected chi connectivity index (χ2v) is 4.58. The number of fused-ring (bicyclic) bond motifs is 1. The fourth-order valence-corrected chi connectivity index (χ4v) is 1.92. The zero-order valence-corrected chi connectivity index (χ0v) is 11.8. The van der Waals surface area contributed by atoms with Crippen LogP contribution in [0, 0.1) is 36.5 Å². The molecule has 0 aliphatic rings. The van der Waals surface area contributed by atoms with Gasteiger partial charge in [-0.05, 0) is 32.0 Å². The predicted octanol–water partition coefficient (Wildman–Crippen LogP) is 1.74. The Morgan fingerprint density at radius 2 is 1.67 bits per heavy atom. The lowest BCUT2D eigenvalue weighted by Crippen LogP contribution is -2.31. The van der Waals surface area contributed by atoms with E-state index in [1.54, 1.807) is 18.2 Å². The normalized spacial score (nSPS) is 9.90. The first-order chi connectivity index (χ1) is 10.1. The maximum Gasteiger partial charge on any atom is 0.255 e. The van der Waals surface area contributed by atoms with E-state index in [1.165, 1.54) is 4.90 Å². The summed E-state index contributed by atoms with van der Waals surface area (Å²) in [6.07, 6.45) is 0. The molecular formula is C15H13N5O. The first kappa shape index (κ1) is 14.4. The van der Waals surface area contributed by atoms with Gasteiger partial charge < -0.3 is 4.90 Å². The van der Waals surface area contributed by atoms with Crippen LogP contribution in [-0.2, 0) is 0 Å². The minimum Gasteiger partial charge on any atom is -0.312 e. The number of hydrogen-bond donors (Lipinski definition) is 0. The standard InChI is InChI=1S/C15H13N5O/c1-10-11(2)19-14-9-12(3-4-13(14)18-10)15(21)20(7-5-16)8-6-17/h3-4,9H,7-8H2,1-2H3. The molecule has 6 nitrogen and oxygen atoms in total. The second-order valence-electron chi connectivity index (χ2n) is 4.58. The number of amides is 1. The van der Waals surface area contributed by atoms with E-state index < -0.39 is 0 Å². The van der Waals surface area contributed by atoms with Gasteiger partial charge in [0.15, 0.2) is 0 Å². The molecule has 1 aromatic carbocycles. The molecule has 0 spiro atoms. The van der Waals surface area contributed by atoms with Crippen molar-refractivity contribution in [3.8, 4) is 12.1 Å². The van der Waals surface area contributed by atoms with Gasteiger partial charge in [0, 0.05) is 5.56 Å². The molecule has 1 aromatic heterocycles. The van der Waals surface area contributed by atoms with Gasteiger partial charge in [-0.1, -0.05) is 0 Å². The summed E-state index contributed by atoms with van der Waals surface area (Å²) >= 11 is 0. The van der Waals surface area contributed by atoms with Crippen LogP contribution in [0.5, 0.6) is 0 Å². The highest BCUT2D eigenvalue weighted by molar-refractivity contribution is 5.97. The molecule has 104 valence electrons. The number of carbonyl (C=O) groups excluding carboxylic acids is 1. The van der Waals surface area contributed by atoms with Gasteiger partial charge in [0.05, 0.1) is 34.6 Å². The Morgan fingerprint density at radius 1 is 1.10 bits per heavy atom. The van der Waals surface area contributed by atoms with E-state index in [1.807, 2.05) is 26.0 Å². The van der Waals surface area contributed by atoms with Crippen LogP contribution >= 0.6 is 0 Å². The van der Waals surface area contributed by atoms with Crippen LogP contribution in [0.2, 0.25) is 0 Å². The monoisotopic (exact) mass is 279 g/mol. The molecule has 6 heteroatoms. The van der Waals surface area contributed by atoms with Crippen LogP contribution < -0.4 is 0 Å². The Bertz CT molecular complexity index is 769. The summed E-state index contributed by atoms with van der Waals surface area (Å²) in [7, 11) is 0. The van der Waals surface area contributed by atoms with Crippen molar-refractivity contribution in [1.82, 2.24) is 14.9 Å². The van der Waals surface area contributed by atoms with Gasteiger partial charge in [0.1, 0.15) is 13.1 Å². The summed E-state index contributed by atoms with van der Waals surface area (Å²) in [5, 5.41) is 17.4. The van der Waals surface area contributed by atoms with E-state index in [9.17, 15) is 4.79 Å². The van der Waals surface area contributed by atoms with Gasteiger partial charge in [-0.25, -0.2) is 9.97 Å². The fraction of sp³-hybridized carbons (Fsp3) is 0.267. The zero-order valence-electron chi connectivity index (χ0n) is 11.8. The molecule has 0 N–H and O–H groups in total. The number of aryl methyl sites for hydroxylation is 2. The van der Waals surface area contributed by atoms with Crippen molar-refractivity contribution >= 4 is 16.9 Å². The van der Waals surface area contributed by atoms with Gasteiger partial charge in [-0.3, -0.25) is 4.79 Å². The molecule has 1 amide bonds.